The Bertz CT molecular complexity index is 482. The molecule has 0 aliphatic carbocycles. The van der Waals surface area contributed by atoms with Crippen molar-refractivity contribution >= 4 is 22.6 Å². The van der Waals surface area contributed by atoms with Crippen molar-refractivity contribution in [2.75, 3.05) is 0 Å². The molecule has 2 aromatic rings. The van der Waals surface area contributed by atoms with Gasteiger partial charge in [0.15, 0.2) is 0 Å². The van der Waals surface area contributed by atoms with Crippen molar-refractivity contribution in [1.29, 1.82) is 0 Å². The van der Waals surface area contributed by atoms with Crippen LogP contribution >= 0.6 is 22.6 Å². The Hall–Kier alpha value is -1.07. The zero-order valence-corrected chi connectivity index (χ0v) is 11.5. The van der Waals surface area contributed by atoms with E-state index >= 15 is 0 Å². The topological polar surface area (TPSA) is 32.3 Å². The third-order valence-corrected chi connectivity index (χ3v) is 3.27. The average molecular weight is 339 g/mol. The van der Waals surface area contributed by atoms with Gasteiger partial charge in [-0.25, -0.2) is 0 Å². The molecule has 0 amide bonds. The molecule has 0 aromatic heterocycles. The van der Waals surface area contributed by atoms with Crippen LogP contribution in [0.2, 0.25) is 0 Å². The van der Waals surface area contributed by atoms with Crippen LogP contribution in [0.4, 0.5) is 0 Å². The number of hydrogen-bond donors (Lipinski definition) is 2. The molecule has 0 bridgehead atoms. The van der Waals surface area contributed by atoms with Crippen molar-refractivity contribution in [1.82, 2.24) is 5.32 Å². The number of benzene rings is 2. The molecular weight excluding hydrogens is 325 g/mol. The SMILES string of the molecule is Oc1ccccc1CNCc1ccc(I)cc1. The molecule has 88 valence electrons. The van der Waals surface area contributed by atoms with Gasteiger partial charge in [-0.1, -0.05) is 30.3 Å². The first-order valence-corrected chi connectivity index (χ1v) is 6.55. The van der Waals surface area contributed by atoms with Crippen molar-refractivity contribution < 1.29 is 5.11 Å². The lowest BCUT2D eigenvalue weighted by molar-refractivity contribution is 0.464. The number of halogens is 1. The lowest BCUT2D eigenvalue weighted by Gasteiger charge is -2.06. The maximum atomic E-state index is 9.60. The second-order valence-corrected chi connectivity index (χ2v) is 5.10. The first kappa shape index (κ1) is 12.4. The summed E-state index contributed by atoms with van der Waals surface area (Å²) in [4.78, 5) is 0. The van der Waals surface area contributed by atoms with Crippen LogP contribution in [0.5, 0.6) is 5.75 Å². The van der Waals surface area contributed by atoms with Gasteiger partial charge < -0.3 is 10.4 Å². The van der Waals surface area contributed by atoms with Crippen LogP contribution < -0.4 is 5.32 Å². The van der Waals surface area contributed by atoms with E-state index in [9.17, 15) is 5.11 Å². The first-order valence-electron chi connectivity index (χ1n) is 5.48. The lowest BCUT2D eigenvalue weighted by Crippen LogP contribution is -2.12. The average Bonchev–Trinajstić information content (AvgIpc) is 2.34. The van der Waals surface area contributed by atoms with Crippen LogP contribution in [0.3, 0.4) is 0 Å². The minimum atomic E-state index is 0.350. The van der Waals surface area contributed by atoms with Gasteiger partial charge in [-0.3, -0.25) is 0 Å². The Kier molecular flexibility index (Phi) is 4.39. The summed E-state index contributed by atoms with van der Waals surface area (Å²) in [6.45, 7) is 1.49. The van der Waals surface area contributed by atoms with E-state index in [0.717, 1.165) is 12.1 Å². The van der Waals surface area contributed by atoms with Crippen molar-refractivity contribution in [2.24, 2.45) is 0 Å². The molecule has 17 heavy (non-hydrogen) atoms. The molecule has 2 aromatic carbocycles. The van der Waals surface area contributed by atoms with Crippen LogP contribution in [0.15, 0.2) is 48.5 Å². The standard InChI is InChI=1S/C14H14INO/c15-13-7-5-11(6-8-13)9-16-10-12-3-1-2-4-14(12)17/h1-8,16-17H,9-10H2. The highest BCUT2D eigenvalue weighted by atomic mass is 127. The molecule has 0 saturated carbocycles. The number of aromatic hydroxyl groups is 1. The zero-order valence-electron chi connectivity index (χ0n) is 9.36. The van der Waals surface area contributed by atoms with E-state index in [1.807, 2.05) is 18.2 Å². The normalized spacial score (nSPS) is 10.4. The number of phenols is 1. The Morgan fingerprint density at radius 1 is 0.941 bits per heavy atom. The van der Waals surface area contributed by atoms with Gasteiger partial charge in [0.1, 0.15) is 5.75 Å². The highest BCUT2D eigenvalue weighted by molar-refractivity contribution is 14.1. The van der Waals surface area contributed by atoms with Crippen molar-refractivity contribution in [3.8, 4) is 5.75 Å². The van der Waals surface area contributed by atoms with Crippen LogP contribution in [0.25, 0.3) is 0 Å². The Morgan fingerprint density at radius 2 is 1.65 bits per heavy atom. The lowest BCUT2D eigenvalue weighted by atomic mass is 10.2. The monoisotopic (exact) mass is 339 g/mol. The molecule has 0 aliphatic heterocycles. The molecule has 0 spiro atoms. The molecule has 2 rings (SSSR count). The highest BCUT2D eigenvalue weighted by Crippen LogP contribution is 2.15. The second-order valence-electron chi connectivity index (χ2n) is 3.86. The summed E-state index contributed by atoms with van der Waals surface area (Å²) >= 11 is 2.29. The van der Waals surface area contributed by atoms with E-state index in [1.54, 1.807) is 6.07 Å². The highest BCUT2D eigenvalue weighted by Gasteiger charge is 1.98. The van der Waals surface area contributed by atoms with Crippen LogP contribution in [0.1, 0.15) is 11.1 Å². The molecule has 0 heterocycles. The van der Waals surface area contributed by atoms with Crippen molar-refractivity contribution in [3.63, 3.8) is 0 Å². The number of nitrogens with one attached hydrogen (secondary N) is 1. The molecule has 2 N–H and O–H groups in total. The van der Waals surface area contributed by atoms with Gasteiger partial charge in [0.25, 0.3) is 0 Å². The predicted molar refractivity (Wildman–Crippen MR) is 77.8 cm³/mol. The van der Waals surface area contributed by atoms with Gasteiger partial charge in [0.05, 0.1) is 0 Å². The summed E-state index contributed by atoms with van der Waals surface area (Å²) < 4.78 is 1.24. The van der Waals surface area contributed by atoms with E-state index in [-0.39, 0.29) is 0 Å². The van der Waals surface area contributed by atoms with E-state index in [2.05, 4.69) is 52.2 Å². The first-order chi connectivity index (χ1) is 8.25. The largest absolute Gasteiger partial charge is 0.508 e. The number of phenolic OH excluding ortho intramolecular Hbond substituents is 1. The summed E-state index contributed by atoms with van der Waals surface area (Å²) in [5.74, 6) is 0.350. The van der Waals surface area contributed by atoms with Crippen molar-refractivity contribution in [2.45, 2.75) is 13.1 Å². The minimum absolute atomic E-state index is 0.350. The third-order valence-electron chi connectivity index (χ3n) is 2.55. The van der Waals surface area contributed by atoms with E-state index in [4.69, 9.17) is 0 Å². The van der Waals surface area contributed by atoms with Gasteiger partial charge in [0.2, 0.25) is 0 Å². The molecule has 0 unspecified atom stereocenters. The fourth-order valence-electron chi connectivity index (χ4n) is 1.60. The van der Waals surface area contributed by atoms with Crippen LogP contribution in [0, 0.1) is 3.57 Å². The van der Waals surface area contributed by atoms with Gasteiger partial charge in [-0.15, -0.1) is 0 Å². The Balaban J connectivity index is 1.88. The van der Waals surface area contributed by atoms with Gasteiger partial charge in [-0.2, -0.15) is 0 Å². The van der Waals surface area contributed by atoms with Gasteiger partial charge in [0, 0.05) is 22.2 Å². The summed E-state index contributed by atoms with van der Waals surface area (Å²) in [6, 6.07) is 15.8. The van der Waals surface area contributed by atoms with Crippen LogP contribution in [-0.4, -0.2) is 5.11 Å². The fraction of sp³-hybridized carbons (Fsp3) is 0.143. The Morgan fingerprint density at radius 3 is 2.35 bits per heavy atom. The number of para-hydroxylation sites is 1. The maximum Gasteiger partial charge on any atom is 0.120 e. The predicted octanol–water partition coefficient (Wildman–Crippen LogP) is 3.29. The second kappa shape index (κ2) is 6.02. The molecular formula is C14H14INO. The minimum Gasteiger partial charge on any atom is -0.508 e. The molecule has 0 saturated heterocycles. The summed E-state index contributed by atoms with van der Waals surface area (Å²) in [7, 11) is 0. The zero-order chi connectivity index (χ0) is 12.1. The maximum absolute atomic E-state index is 9.60. The quantitative estimate of drug-likeness (QED) is 0.838. The molecule has 2 nitrogen and oxygen atoms in total. The molecule has 3 heteroatoms. The summed E-state index contributed by atoms with van der Waals surface area (Å²) in [5.41, 5.74) is 2.18. The molecule has 0 aliphatic rings. The Labute approximate surface area is 115 Å². The van der Waals surface area contributed by atoms with E-state index in [1.165, 1.54) is 9.13 Å². The van der Waals surface area contributed by atoms with E-state index in [0.29, 0.717) is 12.3 Å². The summed E-state index contributed by atoms with van der Waals surface area (Å²) in [5, 5.41) is 12.9. The molecule has 0 fully saturated rings. The molecule has 0 atom stereocenters. The molecule has 0 radical (unpaired) electrons. The number of rotatable bonds is 4. The summed E-state index contributed by atoms with van der Waals surface area (Å²) in [6.07, 6.45) is 0. The van der Waals surface area contributed by atoms with E-state index < -0.39 is 0 Å². The third kappa shape index (κ3) is 3.71. The smallest absolute Gasteiger partial charge is 0.120 e. The van der Waals surface area contributed by atoms with Crippen LogP contribution in [-0.2, 0) is 13.1 Å². The number of hydrogen-bond acceptors (Lipinski definition) is 2. The fourth-order valence-corrected chi connectivity index (χ4v) is 1.96. The van der Waals surface area contributed by atoms with Crippen molar-refractivity contribution in [3.05, 3.63) is 63.2 Å². The van der Waals surface area contributed by atoms with Gasteiger partial charge >= 0.3 is 0 Å². The van der Waals surface area contributed by atoms with Gasteiger partial charge in [-0.05, 0) is 46.4 Å².